The van der Waals surface area contributed by atoms with E-state index in [9.17, 15) is 18.4 Å². The second-order valence-corrected chi connectivity index (χ2v) is 5.72. The Bertz CT molecular complexity index is 587. The maximum atomic E-state index is 13.3. The zero-order valence-electron chi connectivity index (χ0n) is 12.2. The standard InChI is InChI=1S/C15H18F2N2O2/c1-4-12-13(20)18-15(2,3)14(21)19(12)8-9-5-6-10(16)11(17)7-9/h5-7,12H,4,8H2,1-3H3,(H,18,20). The molecule has 1 fully saturated rings. The first-order chi connectivity index (χ1) is 9.76. The van der Waals surface area contributed by atoms with Crippen molar-refractivity contribution in [2.45, 2.75) is 45.3 Å². The van der Waals surface area contributed by atoms with Gasteiger partial charge in [0.15, 0.2) is 11.6 Å². The summed E-state index contributed by atoms with van der Waals surface area (Å²) >= 11 is 0. The second kappa shape index (κ2) is 5.42. The highest BCUT2D eigenvalue weighted by Crippen LogP contribution is 2.22. The Kier molecular flexibility index (Phi) is 3.98. The predicted molar refractivity (Wildman–Crippen MR) is 73.2 cm³/mol. The lowest BCUT2D eigenvalue weighted by atomic mass is 9.95. The SMILES string of the molecule is CCC1C(=O)NC(C)(C)C(=O)N1Cc1ccc(F)c(F)c1. The van der Waals surface area contributed by atoms with Gasteiger partial charge in [-0.1, -0.05) is 13.0 Å². The summed E-state index contributed by atoms with van der Waals surface area (Å²) < 4.78 is 26.2. The number of nitrogens with one attached hydrogen (secondary N) is 1. The molecule has 0 bridgehead atoms. The molecule has 4 nitrogen and oxygen atoms in total. The molecule has 1 N–H and O–H groups in total. The monoisotopic (exact) mass is 296 g/mol. The van der Waals surface area contributed by atoms with E-state index >= 15 is 0 Å². The van der Waals surface area contributed by atoms with Crippen LogP contribution in [0.2, 0.25) is 0 Å². The normalized spacial score (nSPS) is 21.4. The van der Waals surface area contributed by atoms with Crippen LogP contribution >= 0.6 is 0 Å². The fourth-order valence-electron chi connectivity index (χ4n) is 2.51. The summed E-state index contributed by atoms with van der Waals surface area (Å²) in [6.07, 6.45) is 0.456. The summed E-state index contributed by atoms with van der Waals surface area (Å²) in [5.41, 5.74) is -0.548. The lowest BCUT2D eigenvalue weighted by Gasteiger charge is -2.42. The maximum absolute atomic E-state index is 13.3. The first-order valence-corrected chi connectivity index (χ1v) is 6.83. The lowest BCUT2D eigenvalue weighted by molar-refractivity contribution is -0.154. The molecule has 6 heteroatoms. The Morgan fingerprint density at radius 2 is 1.90 bits per heavy atom. The van der Waals surface area contributed by atoms with E-state index in [0.29, 0.717) is 12.0 Å². The van der Waals surface area contributed by atoms with Crippen LogP contribution in [0.5, 0.6) is 0 Å². The molecule has 0 spiro atoms. The van der Waals surface area contributed by atoms with Gasteiger partial charge in [0.25, 0.3) is 0 Å². The third-order valence-corrected chi connectivity index (χ3v) is 3.63. The molecule has 0 saturated carbocycles. The molecule has 1 atom stereocenters. The first kappa shape index (κ1) is 15.4. The molecule has 0 aromatic heterocycles. The Morgan fingerprint density at radius 1 is 1.24 bits per heavy atom. The average Bonchev–Trinajstić information content (AvgIpc) is 2.40. The number of carbonyl (C=O) groups excluding carboxylic acids is 2. The molecule has 1 unspecified atom stereocenters. The highest BCUT2D eigenvalue weighted by molar-refractivity contribution is 5.99. The molecule has 1 aliphatic heterocycles. The number of benzene rings is 1. The third-order valence-electron chi connectivity index (χ3n) is 3.63. The summed E-state index contributed by atoms with van der Waals surface area (Å²) in [5.74, 6) is -2.37. The van der Waals surface area contributed by atoms with Gasteiger partial charge in [-0.25, -0.2) is 8.78 Å². The van der Waals surface area contributed by atoms with Gasteiger partial charge in [-0.2, -0.15) is 0 Å². The topological polar surface area (TPSA) is 49.4 Å². The Balaban J connectivity index is 2.31. The molecular formula is C15H18F2N2O2. The Morgan fingerprint density at radius 3 is 2.48 bits per heavy atom. The van der Waals surface area contributed by atoms with Gasteiger partial charge in [-0.15, -0.1) is 0 Å². The van der Waals surface area contributed by atoms with Gasteiger partial charge in [-0.3, -0.25) is 9.59 Å². The number of halogens is 2. The van der Waals surface area contributed by atoms with Crippen molar-refractivity contribution < 1.29 is 18.4 Å². The quantitative estimate of drug-likeness (QED) is 0.927. The zero-order valence-corrected chi connectivity index (χ0v) is 12.2. The van der Waals surface area contributed by atoms with Crippen LogP contribution in [0.3, 0.4) is 0 Å². The molecule has 114 valence electrons. The van der Waals surface area contributed by atoms with E-state index in [4.69, 9.17) is 0 Å². The molecule has 1 aromatic rings. The number of amides is 2. The fraction of sp³-hybridized carbons (Fsp3) is 0.467. The molecule has 2 rings (SSSR count). The van der Waals surface area contributed by atoms with Crippen LogP contribution < -0.4 is 5.32 Å². The van der Waals surface area contributed by atoms with Crippen molar-refractivity contribution in [3.8, 4) is 0 Å². The summed E-state index contributed by atoms with van der Waals surface area (Å²) in [6.45, 7) is 5.12. The van der Waals surface area contributed by atoms with Gasteiger partial charge in [0, 0.05) is 6.54 Å². The van der Waals surface area contributed by atoms with E-state index in [-0.39, 0.29) is 18.4 Å². The van der Waals surface area contributed by atoms with Crippen molar-refractivity contribution in [1.82, 2.24) is 10.2 Å². The average molecular weight is 296 g/mol. The summed E-state index contributed by atoms with van der Waals surface area (Å²) in [7, 11) is 0. The Hall–Kier alpha value is -1.98. The van der Waals surface area contributed by atoms with Crippen LogP contribution in [0.1, 0.15) is 32.8 Å². The molecular weight excluding hydrogens is 278 g/mol. The number of hydrogen-bond acceptors (Lipinski definition) is 2. The van der Waals surface area contributed by atoms with Crippen LogP contribution in [-0.2, 0) is 16.1 Å². The van der Waals surface area contributed by atoms with E-state index in [1.807, 2.05) is 0 Å². The van der Waals surface area contributed by atoms with Crippen molar-refractivity contribution in [2.24, 2.45) is 0 Å². The molecule has 0 radical (unpaired) electrons. The van der Waals surface area contributed by atoms with Gasteiger partial charge in [0.05, 0.1) is 0 Å². The number of hydrogen-bond donors (Lipinski definition) is 1. The van der Waals surface area contributed by atoms with E-state index in [1.54, 1.807) is 20.8 Å². The van der Waals surface area contributed by atoms with Crippen molar-refractivity contribution >= 4 is 11.8 Å². The number of carbonyl (C=O) groups is 2. The van der Waals surface area contributed by atoms with E-state index in [0.717, 1.165) is 12.1 Å². The van der Waals surface area contributed by atoms with Gasteiger partial charge in [0.2, 0.25) is 11.8 Å². The largest absolute Gasteiger partial charge is 0.340 e. The molecule has 0 aliphatic carbocycles. The van der Waals surface area contributed by atoms with Crippen LogP contribution in [0.15, 0.2) is 18.2 Å². The molecule has 2 amide bonds. The summed E-state index contributed by atoms with van der Waals surface area (Å²) in [4.78, 5) is 26.0. The predicted octanol–water partition coefficient (Wildman–Crippen LogP) is 1.98. The summed E-state index contributed by atoms with van der Waals surface area (Å²) in [6, 6.07) is 2.89. The van der Waals surface area contributed by atoms with Crippen molar-refractivity contribution in [3.63, 3.8) is 0 Å². The highest BCUT2D eigenvalue weighted by atomic mass is 19.2. The van der Waals surface area contributed by atoms with E-state index in [2.05, 4.69) is 5.32 Å². The number of piperazine rings is 1. The van der Waals surface area contributed by atoms with Crippen LogP contribution in [0.4, 0.5) is 8.78 Å². The molecule has 1 aromatic carbocycles. The molecule has 1 saturated heterocycles. The van der Waals surface area contributed by atoms with Gasteiger partial charge in [0.1, 0.15) is 11.6 Å². The minimum absolute atomic E-state index is 0.0748. The van der Waals surface area contributed by atoms with Gasteiger partial charge in [-0.05, 0) is 38.0 Å². The van der Waals surface area contributed by atoms with Crippen LogP contribution in [0, 0.1) is 11.6 Å². The minimum Gasteiger partial charge on any atom is -0.340 e. The third kappa shape index (κ3) is 2.89. The summed E-state index contributed by atoms with van der Waals surface area (Å²) in [5, 5.41) is 2.68. The van der Waals surface area contributed by atoms with Crippen molar-refractivity contribution in [2.75, 3.05) is 0 Å². The van der Waals surface area contributed by atoms with Crippen molar-refractivity contribution in [1.29, 1.82) is 0 Å². The molecule has 1 aliphatic rings. The fourth-order valence-corrected chi connectivity index (χ4v) is 2.51. The lowest BCUT2D eigenvalue weighted by Crippen LogP contribution is -2.67. The van der Waals surface area contributed by atoms with Crippen LogP contribution in [-0.4, -0.2) is 28.3 Å². The van der Waals surface area contributed by atoms with Gasteiger partial charge < -0.3 is 10.2 Å². The Labute approximate surface area is 122 Å². The van der Waals surface area contributed by atoms with Crippen LogP contribution in [0.25, 0.3) is 0 Å². The van der Waals surface area contributed by atoms with E-state index in [1.165, 1.54) is 11.0 Å². The van der Waals surface area contributed by atoms with Gasteiger partial charge >= 0.3 is 0 Å². The smallest absolute Gasteiger partial charge is 0.248 e. The zero-order chi connectivity index (χ0) is 15.8. The number of nitrogens with zero attached hydrogens (tertiary/aromatic N) is 1. The minimum atomic E-state index is -0.999. The highest BCUT2D eigenvalue weighted by Gasteiger charge is 2.44. The first-order valence-electron chi connectivity index (χ1n) is 6.83. The van der Waals surface area contributed by atoms with Crippen molar-refractivity contribution in [3.05, 3.63) is 35.4 Å². The second-order valence-electron chi connectivity index (χ2n) is 5.72. The maximum Gasteiger partial charge on any atom is 0.248 e. The molecule has 1 heterocycles. The van der Waals surface area contributed by atoms with E-state index < -0.39 is 23.2 Å². The number of rotatable bonds is 3. The molecule has 21 heavy (non-hydrogen) atoms.